The molecule has 0 saturated carbocycles. The lowest BCUT2D eigenvalue weighted by Crippen LogP contribution is -2.25. The molecule has 1 unspecified atom stereocenters. The minimum absolute atomic E-state index is 0.138. The molecular formula is C14H21NO4S. The van der Waals surface area contributed by atoms with Crippen LogP contribution in [-0.2, 0) is 9.84 Å². The van der Waals surface area contributed by atoms with Crippen molar-refractivity contribution in [3.05, 3.63) is 29.8 Å². The summed E-state index contributed by atoms with van der Waals surface area (Å²) in [7, 11) is -3.31. The number of nitrogens with one attached hydrogen (secondary N) is 1. The molecule has 0 aliphatic carbocycles. The van der Waals surface area contributed by atoms with E-state index < -0.39 is 9.84 Å². The topological polar surface area (TPSA) is 83.5 Å². The molecule has 0 radical (unpaired) electrons. The van der Waals surface area contributed by atoms with Crippen molar-refractivity contribution in [1.29, 1.82) is 0 Å². The van der Waals surface area contributed by atoms with Crippen molar-refractivity contribution in [2.75, 3.05) is 19.4 Å². The third-order valence-corrected chi connectivity index (χ3v) is 4.11. The Morgan fingerprint density at radius 3 is 2.70 bits per heavy atom. The van der Waals surface area contributed by atoms with E-state index >= 15 is 0 Å². The van der Waals surface area contributed by atoms with E-state index in [9.17, 15) is 13.2 Å². The van der Waals surface area contributed by atoms with Gasteiger partial charge in [0, 0.05) is 25.0 Å². The lowest BCUT2D eigenvalue weighted by atomic mass is 10.1. The van der Waals surface area contributed by atoms with Gasteiger partial charge < -0.3 is 10.4 Å². The second-order valence-corrected chi connectivity index (χ2v) is 7.00. The molecule has 0 aromatic heterocycles. The van der Waals surface area contributed by atoms with Crippen LogP contribution in [-0.4, -0.2) is 38.8 Å². The molecule has 0 aliphatic rings. The number of benzene rings is 1. The van der Waals surface area contributed by atoms with Crippen LogP contribution < -0.4 is 5.32 Å². The zero-order chi connectivity index (χ0) is 15.2. The number of aliphatic hydroxyl groups excluding tert-OH is 1. The second kappa shape index (κ2) is 7.40. The maximum absolute atomic E-state index is 11.9. The first kappa shape index (κ1) is 16.7. The van der Waals surface area contributed by atoms with Gasteiger partial charge in [-0.1, -0.05) is 13.0 Å². The molecule has 1 aromatic rings. The van der Waals surface area contributed by atoms with Gasteiger partial charge in [-0.3, -0.25) is 4.79 Å². The van der Waals surface area contributed by atoms with Crippen molar-refractivity contribution >= 4 is 15.7 Å². The summed E-state index contributed by atoms with van der Waals surface area (Å²) in [6, 6.07) is 5.98. The van der Waals surface area contributed by atoms with Gasteiger partial charge in [0.25, 0.3) is 5.91 Å². The van der Waals surface area contributed by atoms with Gasteiger partial charge in [-0.05, 0) is 37.0 Å². The highest BCUT2D eigenvalue weighted by Gasteiger charge is 2.11. The van der Waals surface area contributed by atoms with Gasteiger partial charge in [0.05, 0.1) is 4.90 Å². The van der Waals surface area contributed by atoms with E-state index in [4.69, 9.17) is 5.11 Å². The highest BCUT2D eigenvalue weighted by atomic mass is 32.2. The third kappa shape index (κ3) is 5.30. The molecule has 0 fully saturated rings. The van der Waals surface area contributed by atoms with E-state index in [0.29, 0.717) is 12.1 Å². The number of hydrogen-bond donors (Lipinski definition) is 2. The van der Waals surface area contributed by atoms with Gasteiger partial charge in [-0.15, -0.1) is 0 Å². The Labute approximate surface area is 119 Å². The van der Waals surface area contributed by atoms with Crippen molar-refractivity contribution in [3.63, 3.8) is 0 Å². The fourth-order valence-electron chi connectivity index (χ4n) is 1.71. The highest BCUT2D eigenvalue weighted by molar-refractivity contribution is 7.90. The van der Waals surface area contributed by atoms with Gasteiger partial charge in [0.1, 0.15) is 0 Å². The molecule has 2 N–H and O–H groups in total. The zero-order valence-electron chi connectivity index (χ0n) is 11.8. The van der Waals surface area contributed by atoms with E-state index in [-0.39, 0.29) is 23.3 Å². The van der Waals surface area contributed by atoms with E-state index in [1.807, 2.05) is 6.92 Å². The predicted octanol–water partition coefficient (Wildman–Crippen LogP) is 1.23. The predicted molar refractivity (Wildman–Crippen MR) is 77.4 cm³/mol. The third-order valence-electron chi connectivity index (χ3n) is 3.00. The maximum atomic E-state index is 11.9. The Morgan fingerprint density at radius 1 is 1.40 bits per heavy atom. The van der Waals surface area contributed by atoms with Crippen LogP contribution in [0.5, 0.6) is 0 Å². The van der Waals surface area contributed by atoms with Crippen LogP contribution in [0.2, 0.25) is 0 Å². The van der Waals surface area contributed by atoms with Crippen molar-refractivity contribution in [3.8, 4) is 0 Å². The first-order valence-electron chi connectivity index (χ1n) is 6.53. The number of carbonyl (C=O) groups excluding carboxylic acids is 1. The number of hydrogen-bond acceptors (Lipinski definition) is 4. The zero-order valence-corrected chi connectivity index (χ0v) is 12.6. The van der Waals surface area contributed by atoms with E-state index in [1.54, 1.807) is 12.1 Å². The molecule has 0 bridgehead atoms. The number of sulfone groups is 1. The Balaban J connectivity index is 2.56. The summed E-state index contributed by atoms with van der Waals surface area (Å²) in [5.74, 6) is -0.0624. The van der Waals surface area contributed by atoms with Crippen LogP contribution in [0.4, 0.5) is 0 Å². The average Bonchev–Trinajstić information content (AvgIpc) is 2.42. The summed E-state index contributed by atoms with van der Waals surface area (Å²) >= 11 is 0. The molecule has 112 valence electrons. The van der Waals surface area contributed by atoms with Gasteiger partial charge in [0.15, 0.2) is 9.84 Å². The lowest BCUT2D eigenvalue weighted by molar-refractivity contribution is 0.0952. The number of carbonyl (C=O) groups is 1. The Hall–Kier alpha value is -1.40. The van der Waals surface area contributed by atoms with Gasteiger partial charge in [0.2, 0.25) is 0 Å². The van der Waals surface area contributed by atoms with Crippen molar-refractivity contribution in [1.82, 2.24) is 5.32 Å². The second-order valence-electron chi connectivity index (χ2n) is 4.99. The molecule has 5 nitrogen and oxygen atoms in total. The summed E-state index contributed by atoms with van der Waals surface area (Å²) in [5, 5.41) is 11.6. The minimum Gasteiger partial charge on any atom is -0.396 e. The van der Waals surface area contributed by atoms with Crippen LogP contribution in [0.3, 0.4) is 0 Å². The van der Waals surface area contributed by atoms with Crippen LogP contribution in [0, 0.1) is 5.92 Å². The van der Waals surface area contributed by atoms with Crippen LogP contribution in [0.15, 0.2) is 29.2 Å². The molecule has 1 amide bonds. The van der Waals surface area contributed by atoms with E-state index in [1.165, 1.54) is 12.1 Å². The fraction of sp³-hybridized carbons (Fsp3) is 0.500. The molecule has 1 aromatic carbocycles. The lowest BCUT2D eigenvalue weighted by Gasteiger charge is -2.09. The monoisotopic (exact) mass is 299 g/mol. The summed E-state index contributed by atoms with van der Waals surface area (Å²) in [6.45, 7) is 2.59. The molecule has 1 atom stereocenters. The molecular weight excluding hydrogens is 278 g/mol. The van der Waals surface area contributed by atoms with Crippen LogP contribution in [0.25, 0.3) is 0 Å². The summed E-state index contributed by atoms with van der Waals surface area (Å²) in [5.41, 5.74) is 0.336. The molecule has 20 heavy (non-hydrogen) atoms. The smallest absolute Gasteiger partial charge is 0.251 e. The summed E-state index contributed by atoms with van der Waals surface area (Å²) in [4.78, 5) is 12.0. The van der Waals surface area contributed by atoms with Crippen LogP contribution in [0.1, 0.15) is 30.1 Å². The number of rotatable bonds is 7. The first-order chi connectivity index (χ1) is 9.34. The van der Waals surface area contributed by atoms with E-state index in [2.05, 4.69) is 5.32 Å². The summed E-state index contributed by atoms with van der Waals surface area (Å²) < 4.78 is 22.8. The molecule has 0 heterocycles. The van der Waals surface area contributed by atoms with Gasteiger partial charge in [-0.2, -0.15) is 0 Å². The first-order valence-corrected chi connectivity index (χ1v) is 8.43. The maximum Gasteiger partial charge on any atom is 0.251 e. The Morgan fingerprint density at radius 2 is 2.10 bits per heavy atom. The fourth-order valence-corrected chi connectivity index (χ4v) is 2.38. The molecule has 0 saturated heterocycles. The van der Waals surface area contributed by atoms with Crippen molar-refractivity contribution in [2.45, 2.75) is 24.7 Å². The van der Waals surface area contributed by atoms with Gasteiger partial charge in [-0.25, -0.2) is 8.42 Å². The molecule has 0 spiro atoms. The van der Waals surface area contributed by atoms with Gasteiger partial charge >= 0.3 is 0 Å². The Bertz CT molecular complexity index is 554. The number of amides is 1. The van der Waals surface area contributed by atoms with E-state index in [0.717, 1.165) is 19.1 Å². The molecule has 0 aliphatic heterocycles. The van der Waals surface area contributed by atoms with Crippen molar-refractivity contribution in [2.24, 2.45) is 5.92 Å². The Kier molecular flexibility index (Phi) is 6.16. The average molecular weight is 299 g/mol. The van der Waals surface area contributed by atoms with Crippen LogP contribution >= 0.6 is 0 Å². The highest BCUT2D eigenvalue weighted by Crippen LogP contribution is 2.11. The number of aliphatic hydroxyl groups is 1. The quantitative estimate of drug-likeness (QED) is 0.742. The SMILES string of the molecule is CC(CO)CCCNC(=O)c1cccc(S(C)(=O)=O)c1. The normalized spacial score (nSPS) is 12.9. The molecule has 6 heteroatoms. The summed E-state index contributed by atoms with van der Waals surface area (Å²) in [6.07, 6.45) is 2.72. The molecule has 1 rings (SSSR count). The van der Waals surface area contributed by atoms with Crippen molar-refractivity contribution < 1.29 is 18.3 Å². The standard InChI is InChI=1S/C14H21NO4S/c1-11(10-16)5-4-8-15-14(17)12-6-3-7-13(9-12)20(2,18)19/h3,6-7,9,11,16H,4-5,8,10H2,1-2H3,(H,15,17). The largest absolute Gasteiger partial charge is 0.396 e. The minimum atomic E-state index is -3.31.